The third-order valence-electron chi connectivity index (χ3n) is 9.13. The fourth-order valence-corrected chi connectivity index (χ4v) is 6.94. The average molecular weight is 748 g/mol. The van der Waals surface area contributed by atoms with Gasteiger partial charge in [0.25, 0.3) is 0 Å². The molecular weight excluding hydrogens is 700 g/mol. The first-order valence-corrected chi connectivity index (χ1v) is 21.6. The van der Waals surface area contributed by atoms with Gasteiger partial charge in [-0.05, 0) is 57.4 Å². The quantitative estimate of drug-likeness (QED) is 0.0928. The molecule has 4 heterocycles. The summed E-state index contributed by atoms with van der Waals surface area (Å²) in [5.41, 5.74) is 4.93. The minimum atomic E-state index is -4.54. The molecule has 5 aromatic rings. The second-order valence-electron chi connectivity index (χ2n) is 16.1. The van der Waals surface area contributed by atoms with Gasteiger partial charge in [-0.2, -0.15) is 13.2 Å². The Labute approximate surface area is 309 Å². The molecule has 1 fully saturated rings. The van der Waals surface area contributed by atoms with E-state index in [1.54, 1.807) is 37.3 Å². The van der Waals surface area contributed by atoms with Crippen LogP contribution in [0, 0.1) is 0 Å². The van der Waals surface area contributed by atoms with Crippen LogP contribution < -0.4 is 0 Å². The molecule has 0 saturated heterocycles. The predicted molar refractivity (Wildman–Crippen MR) is 201 cm³/mol. The number of alkyl halides is 3. The van der Waals surface area contributed by atoms with Crippen LogP contribution in [-0.2, 0) is 42.4 Å². The third-order valence-corrected chi connectivity index (χ3v) is 10.8. The maximum atomic E-state index is 13.4. The first-order valence-electron chi connectivity index (χ1n) is 17.9. The van der Waals surface area contributed by atoms with Crippen molar-refractivity contribution in [1.82, 2.24) is 34.0 Å². The van der Waals surface area contributed by atoms with Crippen LogP contribution in [0.2, 0.25) is 25.7 Å². The Morgan fingerprint density at radius 2 is 1.75 bits per heavy atom. The number of pyridine rings is 1. The maximum Gasteiger partial charge on any atom is 0.434 e. The predicted octanol–water partition coefficient (Wildman–Crippen LogP) is 9.06. The van der Waals surface area contributed by atoms with Gasteiger partial charge in [-0.1, -0.05) is 43.9 Å². The standard InChI is InChI=1S/C39H48F3N7O3Si/c1-38(2,3)52-37(50)48(5)22-31-29(20-25-11-13-27(14-12-25)36-45-32(23-47(36)4)39(40,41)42)34-30(49(31)24-51-18-19-53(6,7)8)21-44-35(46-34)28-10-9-17-43-33(28)26-15-16-26/h9-14,17,21,23,26H,15-16,18-20,22,24H2,1-8H3. The van der Waals surface area contributed by atoms with E-state index in [1.807, 2.05) is 55.8 Å². The maximum absolute atomic E-state index is 13.4. The number of imidazole rings is 1. The molecule has 0 aliphatic heterocycles. The number of fused-ring (bicyclic) bond motifs is 1. The summed E-state index contributed by atoms with van der Waals surface area (Å²) in [4.78, 5) is 33.5. The molecule has 0 spiro atoms. The van der Waals surface area contributed by atoms with Gasteiger partial charge < -0.3 is 23.5 Å². The van der Waals surface area contributed by atoms with E-state index in [0.29, 0.717) is 30.3 Å². The lowest BCUT2D eigenvalue weighted by Crippen LogP contribution is -2.34. The van der Waals surface area contributed by atoms with Crippen LogP contribution in [0.25, 0.3) is 33.8 Å². The zero-order valence-corrected chi connectivity index (χ0v) is 32.7. The highest BCUT2D eigenvalue weighted by molar-refractivity contribution is 6.76. The summed E-state index contributed by atoms with van der Waals surface area (Å²) in [5, 5.41) is 0. The monoisotopic (exact) mass is 747 g/mol. The summed E-state index contributed by atoms with van der Waals surface area (Å²) in [6.45, 7) is 13.4. The first-order chi connectivity index (χ1) is 24.9. The lowest BCUT2D eigenvalue weighted by molar-refractivity contribution is -0.140. The minimum absolute atomic E-state index is 0.207. The second kappa shape index (κ2) is 14.7. The van der Waals surface area contributed by atoms with Crippen molar-refractivity contribution in [2.75, 3.05) is 13.7 Å². The summed E-state index contributed by atoms with van der Waals surface area (Å²) in [7, 11) is 1.89. The number of hydrogen-bond acceptors (Lipinski definition) is 7. The van der Waals surface area contributed by atoms with Crippen molar-refractivity contribution >= 4 is 25.2 Å². The molecule has 53 heavy (non-hydrogen) atoms. The number of benzene rings is 1. The Bertz CT molecular complexity index is 2090. The van der Waals surface area contributed by atoms with Gasteiger partial charge in [-0.15, -0.1) is 0 Å². The molecule has 4 aromatic heterocycles. The van der Waals surface area contributed by atoms with Crippen LogP contribution in [0.4, 0.5) is 18.0 Å². The molecule has 6 rings (SSSR count). The molecule has 1 saturated carbocycles. The molecule has 0 bridgehead atoms. The Balaban J connectivity index is 1.45. The Kier molecular flexibility index (Phi) is 10.6. The zero-order chi connectivity index (χ0) is 38.3. The molecule has 1 aliphatic rings. The number of aryl methyl sites for hydroxylation is 1. The van der Waals surface area contributed by atoms with Gasteiger partial charge in [-0.3, -0.25) is 4.98 Å². The second-order valence-corrected chi connectivity index (χ2v) is 21.7. The van der Waals surface area contributed by atoms with E-state index in [0.717, 1.165) is 64.2 Å². The number of ether oxygens (including phenoxy) is 2. The van der Waals surface area contributed by atoms with E-state index in [-0.39, 0.29) is 19.1 Å². The summed E-state index contributed by atoms with van der Waals surface area (Å²) < 4.78 is 55.7. The molecule has 10 nitrogen and oxygen atoms in total. The van der Waals surface area contributed by atoms with Crippen LogP contribution in [0.5, 0.6) is 0 Å². The number of rotatable bonds is 12. The van der Waals surface area contributed by atoms with Crippen LogP contribution in [0.3, 0.4) is 0 Å². The number of nitrogens with zero attached hydrogens (tertiary/aromatic N) is 7. The number of halogens is 3. The number of carbonyl (C=O) groups excluding carboxylic acids is 1. The van der Waals surface area contributed by atoms with Crippen LogP contribution in [-0.4, -0.2) is 67.4 Å². The molecule has 0 radical (unpaired) electrons. The van der Waals surface area contributed by atoms with E-state index in [4.69, 9.17) is 24.4 Å². The van der Waals surface area contributed by atoms with Crippen LogP contribution in [0.1, 0.15) is 67.7 Å². The Morgan fingerprint density at radius 1 is 1.04 bits per heavy atom. The van der Waals surface area contributed by atoms with Gasteiger partial charge in [-0.25, -0.2) is 19.7 Å². The van der Waals surface area contributed by atoms with Gasteiger partial charge >= 0.3 is 12.3 Å². The fraction of sp³-hybridized carbons (Fsp3) is 0.462. The first kappa shape index (κ1) is 38.2. The number of hydrogen-bond donors (Lipinski definition) is 0. The highest BCUT2D eigenvalue weighted by Gasteiger charge is 2.35. The van der Waals surface area contributed by atoms with Gasteiger partial charge in [0.1, 0.15) is 18.2 Å². The highest BCUT2D eigenvalue weighted by Crippen LogP contribution is 2.43. The molecule has 0 atom stereocenters. The number of amides is 1. The van der Waals surface area contributed by atoms with E-state index in [9.17, 15) is 18.0 Å². The minimum Gasteiger partial charge on any atom is -0.444 e. The van der Waals surface area contributed by atoms with Crippen LogP contribution in [0.15, 0.2) is 55.0 Å². The molecule has 0 N–H and O–H groups in total. The molecule has 0 unspecified atom stereocenters. The van der Waals surface area contributed by atoms with Crippen molar-refractivity contribution in [3.8, 4) is 22.8 Å². The average Bonchev–Trinajstić information content (AvgIpc) is 3.79. The van der Waals surface area contributed by atoms with Gasteiger partial charge in [0.05, 0.1) is 29.5 Å². The summed E-state index contributed by atoms with van der Waals surface area (Å²) in [6, 6.07) is 12.2. The smallest absolute Gasteiger partial charge is 0.434 e. The van der Waals surface area contributed by atoms with E-state index in [1.165, 1.54) is 4.57 Å². The number of carbonyl (C=O) groups is 1. The summed E-state index contributed by atoms with van der Waals surface area (Å²) >= 11 is 0. The lowest BCUT2D eigenvalue weighted by atomic mass is 10.0. The topological polar surface area (TPSA) is 100 Å². The van der Waals surface area contributed by atoms with E-state index < -0.39 is 31.6 Å². The Hall–Kier alpha value is -4.56. The molecule has 1 aliphatic carbocycles. The molecular formula is C39H48F3N7O3Si. The van der Waals surface area contributed by atoms with Gasteiger partial charge in [0, 0.05) is 75.9 Å². The van der Waals surface area contributed by atoms with Crippen LogP contribution >= 0.6 is 0 Å². The molecule has 14 heteroatoms. The lowest BCUT2D eigenvalue weighted by Gasteiger charge is -2.25. The number of aromatic nitrogens is 6. The normalized spacial score (nSPS) is 13.9. The van der Waals surface area contributed by atoms with Crippen molar-refractivity contribution in [1.29, 1.82) is 0 Å². The van der Waals surface area contributed by atoms with Crippen molar-refractivity contribution in [2.45, 2.75) is 96.7 Å². The largest absolute Gasteiger partial charge is 0.444 e. The fourth-order valence-electron chi connectivity index (χ4n) is 6.18. The SMILES string of the molecule is CN(Cc1c(Cc2ccc(-c3nc(C(F)(F)F)cn3C)cc2)c2nc(-c3cccnc3C3CC3)ncc2n1COCC[Si](C)(C)C)C(=O)OC(C)(C)C. The van der Waals surface area contributed by atoms with E-state index in [2.05, 4.69) is 24.6 Å². The third kappa shape index (κ3) is 9.15. The molecule has 282 valence electrons. The van der Waals surface area contributed by atoms with Crippen molar-refractivity contribution in [3.05, 3.63) is 83.2 Å². The summed E-state index contributed by atoms with van der Waals surface area (Å²) in [6.07, 6.45) is 2.19. The van der Waals surface area contributed by atoms with Gasteiger partial charge in [0.15, 0.2) is 11.5 Å². The van der Waals surface area contributed by atoms with E-state index >= 15 is 0 Å². The molecule has 1 amide bonds. The molecule has 1 aromatic carbocycles. The Morgan fingerprint density at radius 3 is 2.38 bits per heavy atom. The van der Waals surface area contributed by atoms with Gasteiger partial charge in [0.2, 0.25) is 0 Å². The van der Waals surface area contributed by atoms with Crippen molar-refractivity contribution in [3.63, 3.8) is 0 Å². The summed E-state index contributed by atoms with van der Waals surface area (Å²) in [5.74, 6) is 1.18. The van der Waals surface area contributed by atoms with Crippen molar-refractivity contribution < 1.29 is 27.4 Å². The van der Waals surface area contributed by atoms with Crippen molar-refractivity contribution in [2.24, 2.45) is 7.05 Å². The zero-order valence-electron chi connectivity index (χ0n) is 31.7. The highest BCUT2D eigenvalue weighted by atomic mass is 28.3.